The van der Waals surface area contributed by atoms with Crippen LogP contribution < -0.4 is 10.1 Å². The molecule has 2 unspecified atom stereocenters. The van der Waals surface area contributed by atoms with Crippen LogP contribution >= 0.6 is 0 Å². The third-order valence-electron chi connectivity index (χ3n) is 4.06. The third kappa shape index (κ3) is 2.55. The molecule has 2 fully saturated rings. The first kappa shape index (κ1) is 13.5. The minimum absolute atomic E-state index is 0.108. The number of ketones is 1. The van der Waals surface area contributed by atoms with E-state index < -0.39 is 5.82 Å². The standard InChI is InChI=1S/C15H18FNO3/c1-19-12-2-3-13(14(16)6-12)15(18)9-4-10-7-20-8-11(5-9)17-10/h2-3,6,9-11,17H,4-5,7-8H2,1H3. The predicted molar refractivity (Wildman–Crippen MR) is 71.5 cm³/mol. The van der Waals surface area contributed by atoms with Gasteiger partial charge in [-0.2, -0.15) is 0 Å². The van der Waals surface area contributed by atoms with Gasteiger partial charge in [-0.3, -0.25) is 4.79 Å². The van der Waals surface area contributed by atoms with Crippen LogP contribution in [-0.4, -0.2) is 38.2 Å². The Hall–Kier alpha value is -1.46. The Labute approximate surface area is 117 Å². The number of carbonyl (C=O) groups excluding carboxylic acids is 1. The SMILES string of the molecule is COc1ccc(C(=O)C2CC3COCC(C2)N3)c(F)c1. The van der Waals surface area contributed by atoms with Crippen molar-refractivity contribution in [2.75, 3.05) is 20.3 Å². The summed E-state index contributed by atoms with van der Waals surface area (Å²) in [7, 11) is 1.48. The van der Waals surface area contributed by atoms with Crippen LogP contribution in [0, 0.1) is 11.7 Å². The number of ether oxygens (including phenoxy) is 2. The number of methoxy groups -OCH3 is 1. The molecular formula is C15H18FNO3. The molecule has 5 heteroatoms. The van der Waals surface area contributed by atoms with Gasteiger partial charge in [-0.05, 0) is 25.0 Å². The van der Waals surface area contributed by atoms with E-state index in [-0.39, 0.29) is 29.3 Å². The predicted octanol–water partition coefficient (Wildman–Crippen LogP) is 1.78. The average molecular weight is 279 g/mol. The highest BCUT2D eigenvalue weighted by molar-refractivity contribution is 5.98. The van der Waals surface area contributed by atoms with E-state index in [9.17, 15) is 9.18 Å². The Bertz CT molecular complexity index is 508. The fourth-order valence-electron chi connectivity index (χ4n) is 3.09. The first-order chi connectivity index (χ1) is 9.67. The van der Waals surface area contributed by atoms with Gasteiger partial charge < -0.3 is 14.8 Å². The Morgan fingerprint density at radius 1 is 1.35 bits per heavy atom. The van der Waals surface area contributed by atoms with Crippen LogP contribution in [0.2, 0.25) is 0 Å². The summed E-state index contributed by atoms with van der Waals surface area (Å²) in [5.41, 5.74) is 0.164. The molecule has 108 valence electrons. The number of morpholine rings is 1. The summed E-state index contributed by atoms with van der Waals surface area (Å²) in [5.74, 6) is -0.314. The van der Waals surface area contributed by atoms with Gasteiger partial charge in [0.1, 0.15) is 11.6 Å². The molecule has 2 aliphatic rings. The van der Waals surface area contributed by atoms with E-state index in [1.807, 2.05) is 0 Å². The van der Waals surface area contributed by atoms with Gasteiger partial charge in [0.15, 0.2) is 5.78 Å². The number of rotatable bonds is 3. The number of Topliss-reactive ketones (excluding diaryl/α,β-unsaturated/α-hetero) is 1. The van der Waals surface area contributed by atoms with Crippen LogP contribution in [-0.2, 0) is 4.74 Å². The topological polar surface area (TPSA) is 47.6 Å². The summed E-state index contributed by atoms with van der Waals surface area (Å²) >= 11 is 0. The minimum atomic E-state index is -0.505. The molecule has 0 amide bonds. The summed E-state index contributed by atoms with van der Waals surface area (Å²) in [4.78, 5) is 12.5. The number of hydrogen-bond donors (Lipinski definition) is 1. The molecule has 3 rings (SSSR count). The quantitative estimate of drug-likeness (QED) is 0.857. The van der Waals surface area contributed by atoms with E-state index in [0.29, 0.717) is 31.8 Å². The molecule has 20 heavy (non-hydrogen) atoms. The van der Waals surface area contributed by atoms with Crippen molar-refractivity contribution in [1.82, 2.24) is 5.32 Å². The van der Waals surface area contributed by atoms with Crippen LogP contribution in [0.4, 0.5) is 4.39 Å². The van der Waals surface area contributed by atoms with Crippen molar-refractivity contribution < 1.29 is 18.7 Å². The van der Waals surface area contributed by atoms with Crippen LogP contribution in [0.5, 0.6) is 5.75 Å². The lowest BCUT2D eigenvalue weighted by Crippen LogP contribution is -2.55. The number of piperidine rings is 1. The fraction of sp³-hybridized carbons (Fsp3) is 0.533. The summed E-state index contributed by atoms with van der Waals surface area (Å²) in [6.45, 7) is 1.26. The van der Waals surface area contributed by atoms with E-state index in [4.69, 9.17) is 9.47 Å². The largest absolute Gasteiger partial charge is 0.497 e. The first-order valence-corrected chi connectivity index (χ1v) is 6.89. The molecule has 4 nitrogen and oxygen atoms in total. The van der Waals surface area contributed by atoms with Crippen LogP contribution in [0.1, 0.15) is 23.2 Å². The van der Waals surface area contributed by atoms with E-state index in [1.54, 1.807) is 6.07 Å². The lowest BCUT2D eigenvalue weighted by Gasteiger charge is -2.39. The first-order valence-electron chi connectivity index (χ1n) is 6.89. The average Bonchev–Trinajstić information content (AvgIpc) is 2.46. The summed E-state index contributed by atoms with van der Waals surface area (Å²) < 4.78 is 24.4. The molecule has 2 saturated heterocycles. The lowest BCUT2D eigenvalue weighted by molar-refractivity contribution is 0.00945. The molecule has 1 aromatic rings. The zero-order chi connectivity index (χ0) is 14.1. The number of nitrogens with one attached hydrogen (secondary N) is 1. The van der Waals surface area contributed by atoms with Crippen molar-refractivity contribution in [3.8, 4) is 5.75 Å². The number of benzene rings is 1. The molecular weight excluding hydrogens is 261 g/mol. The van der Waals surface area contributed by atoms with Crippen molar-refractivity contribution in [2.45, 2.75) is 24.9 Å². The van der Waals surface area contributed by atoms with Gasteiger partial charge in [0.05, 0.1) is 25.9 Å². The molecule has 0 aliphatic carbocycles. The summed E-state index contributed by atoms with van der Waals surface area (Å²) in [5, 5.41) is 3.43. The van der Waals surface area contributed by atoms with Gasteiger partial charge in [0.2, 0.25) is 0 Å². The third-order valence-corrected chi connectivity index (χ3v) is 4.06. The number of halogens is 1. The van der Waals surface area contributed by atoms with Gasteiger partial charge >= 0.3 is 0 Å². The summed E-state index contributed by atoms with van der Waals surface area (Å²) in [6, 6.07) is 4.82. The highest BCUT2D eigenvalue weighted by Gasteiger charge is 2.36. The normalized spacial score (nSPS) is 29.0. The van der Waals surface area contributed by atoms with Gasteiger partial charge in [0, 0.05) is 24.1 Å². The Morgan fingerprint density at radius 2 is 2.05 bits per heavy atom. The minimum Gasteiger partial charge on any atom is -0.497 e. The van der Waals surface area contributed by atoms with Gasteiger partial charge in [0.25, 0.3) is 0 Å². The Morgan fingerprint density at radius 3 is 2.65 bits per heavy atom. The fourth-order valence-corrected chi connectivity index (χ4v) is 3.09. The van der Waals surface area contributed by atoms with Crippen molar-refractivity contribution in [1.29, 1.82) is 0 Å². The smallest absolute Gasteiger partial charge is 0.169 e. The molecule has 0 radical (unpaired) electrons. The molecule has 2 heterocycles. The monoisotopic (exact) mass is 279 g/mol. The van der Waals surface area contributed by atoms with Crippen molar-refractivity contribution >= 4 is 5.78 Å². The number of carbonyl (C=O) groups is 1. The van der Waals surface area contributed by atoms with Gasteiger partial charge in [-0.25, -0.2) is 4.39 Å². The Kier molecular flexibility index (Phi) is 3.72. The van der Waals surface area contributed by atoms with Crippen molar-refractivity contribution in [3.05, 3.63) is 29.6 Å². The molecule has 2 bridgehead atoms. The van der Waals surface area contributed by atoms with Crippen LogP contribution in [0.25, 0.3) is 0 Å². The molecule has 2 aliphatic heterocycles. The molecule has 0 spiro atoms. The van der Waals surface area contributed by atoms with Gasteiger partial charge in [-0.1, -0.05) is 0 Å². The van der Waals surface area contributed by atoms with E-state index >= 15 is 0 Å². The lowest BCUT2D eigenvalue weighted by atomic mass is 9.82. The second kappa shape index (κ2) is 5.50. The molecule has 0 saturated carbocycles. The summed E-state index contributed by atoms with van der Waals surface area (Å²) in [6.07, 6.45) is 1.42. The van der Waals surface area contributed by atoms with E-state index in [0.717, 1.165) is 0 Å². The second-order valence-corrected chi connectivity index (χ2v) is 5.48. The zero-order valence-electron chi connectivity index (χ0n) is 11.4. The molecule has 1 N–H and O–H groups in total. The second-order valence-electron chi connectivity index (χ2n) is 5.48. The molecule has 2 atom stereocenters. The molecule has 0 aromatic heterocycles. The van der Waals surface area contributed by atoms with Crippen LogP contribution in [0.3, 0.4) is 0 Å². The van der Waals surface area contributed by atoms with E-state index in [2.05, 4.69) is 5.32 Å². The highest BCUT2D eigenvalue weighted by atomic mass is 19.1. The maximum Gasteiger partial charge on any atom is 0.169 e. The zero-order valence-corrected chi connectivity index (χ0v) is 11.4. The van der Waals surface area contributed by atoms with Gasteiger partial charge in [-0.15, -0.1) is 0 Å². The number of fused-ring (bicyclic) bond motifs is 2. The Balaban J connectivity index is 1.78. The molecule has 1 aromatic carbocycles. The maximum absolute atomic E-state index is 14.0. The van der Waals surface area contributed by atoms with Crippen LogP contribution in [0.15, 0.2) is 18.2 Å². The van der Waals surface area contributed by atoms with Crippen molar-refractivity contribution in [3.63, 3.8) is 0 Å². The maximum atomic E-state index is 14.0. The van der Waals surface area contributed by atoms with E-state index in [1.165, 1.54) is 19.2 Å². The highest BCUT2D eigenvalue weighted by Crippen LogP contribution is 2.28. The van der Waals surface area contributed by atoms with Crippen molar-refractivity contribution in [2.24, 2.45) is 5.92 Å². The number of hydrogen-bond acceptors (Lipinski definition) is 4.